The lowest BCUT2D eigenvalue weighted by atomic mass is 9.97. The molecule has 0 amide bonds. The maximum atomic E-state index is 5.74. The van der Waals surface area contributed by atoms with Crippen molar-refractivity contribution in [2.24, 2.45) is 17.6 Å². The van der Waals surface area contributed by atoms with Gasteiger partial charge in [0.15, 0.2) is 0 Å². The fourth-order valence-electron chi connectivity index (χ4n) is 2.35. The standard InChI is InChI=1S/C12H19N3O/c1-9-14-6-5-12(15-9)16-8-11-4-2-3-10(11)7-13/h5-6,10-11H,2-4,7-8,13H2,1H3. The molecule has 1 aromatic rings. The van der Waals surface area contributed by atoms with Gasteiger partial charge in [-0.2, -0.15) is 4.98 Å². The zero-order chi connectivity index (χ0) is 11.4. The van der Waals surface area contributed by atoms with Gasteiger partial charge in [-0.1, -0.05) is 6.42 Å². The molecule has 0 bridgehead atoms. The zero-order valence-electron chi connectivity index (χ0n) is 9.72. The minimum absolute atomic E-state index is 0.597. The van der Waals surface area contributed by atoms with Crippen LogP contribution in [0.1, 0.15) is 25.1 Å². The summed E-state index contributed by atoms with van der Waals surface area (Å²) in [6.45, 7) is 3.38. The molecule has 4 heteroatoms. The molecule has 0 spiro atoms. The average Bonchev–Trinajstić information content (AvgIpc) is 2.74. The molecule has 1 fully saturated rings. The lowest BCUT2D eigenvalue weighted by molar-refractivity contribution is 0.210. The van der Waals surface area contributed by atoms with Crippen molar-refractivity contribution in [2.45, 2.75) is 26.2 Å². The summed E-state index contributed by atoms with van der Waals surface area (Å²) in [5.41, 5.74) is 5.74. The van der Waals surface area contributed by atoms with Crippen LogP contribution in [-0.2, 0) is 0 Å². The minimum Gasteiger partial charge on any atom is -0.477 e. The summed E-state index contributed by atoms with van der Waals surface area (Å²) in [5, 5.41) is 0. The van der Waals surface area contributed by atoms with Crippen molar-refractivity contribution in [1.82, 2.24) is 9.97 Å². The van der Waals surface area contributed by atoms with Crippen LogP contribution in [0.2, 0.25) is 0 Å². The molecule has 1 aromatic heterocycles. The molecule has 1 aliphatic rings. The minimum atomic E-state index is 0.597. The maximum absolute atomic E-state index is 5.74. The maximum Gasteiger partial charge on any atom is 0.216 e. The highest BCUT2D eigenvalue weighted by molar-refractivity contribution is 5.07. The highest BCUT2D eigenvalue weighted by Gasteiger charge is 2.26. The number of hydrogen-bond acceptors (Lipinski definition) is 4. The van der Waals surface area contributed by atoms with Crippen molar-refractivity contribution in [3.05, 3.63) is 18.1 Å². The Balaban J connectivity index is 1.87. The van der Waals surface area contributed by atoms with Gasteiger partial charge >= 0.3 is 0 Å². The molecule has 0 radical (unpaired) electrons. The van der Waals surface area contributed by atoms with Crippen LogP contribution in [0.15, 0.2) is 12.3 Å². The van der Waals surface area contributed by atoms with Crippen LogP contribution in [0.4, 0.5) is 0 Å². The fraction of sp³-hybridized carbons (Fsp3) is 0.667. The van der Waals surface area contributed by atoms with Crippen molar-refractivity contribution in [3.8, 4) is 5.88 Å². The monoisotopic (exact) mass is 221 g/mol. The third-order valence-electron chi connectivity index (χ3n) is 3.32. The number of nitrogens with two attached hydrogens (primary N) is 1. The van der Waals surface area contributed by atoms with Crippen LogP contribution in [0, 0.1) is 18.8 Å². The lowest BCUT2D eigenvalue weighted by Gasteiger charge is -2.17. The van der Waals surface area contributed by atoms with Gasteiger partial charge in [0.25, 0.3) is 0 Å². The summed E-state index contributed by atoms with van der Waals surface area (Å²) in [7, 11) is 0. The largest absolute Gasteiger partial charge is 0.477 e. The Morgan fingerprint density at radius 1 is 1.44 bits per heavy atom. The van der Waals surface area contributed by atoms with Crippen molar-refractivity contribution in [1.29, 1.82) is 0 Å². The van der Waals surface area contributed by atoms with Crippen molar-refractivity contribution >= 4 is 0 Å². The van der Waals surface area contributed by atoms with Crippen LogP contribution < -0.4 is 10.5 Å². The third kappa shape index (κ3) is 2.70. The predicted octanol–water partition coefficient (Wildman–Crippen LogP) is 1.54. The number of rotatable bonds is 4. The molecular formula is C12H19N3O. The Morgan fingerprint density at radius 3 is 3.00 bits per heavy atom. The van der Waals surface area contributed by atoms with Gasteiger partial charge in [0.2, 0.25) is 5.88 Å². The fourth-order valence-corrected chi connectivity index (χ4v) is 2.35. The van der Waals surface area contributed by atoms with Crippen LogP contribution in [0.3, 0.4) is 0 Å². The normalized spacial score (nSPS) is 24.6. The second-order valence-electron chi connectivity index (χ2n) is 4.44. The number of hydrogen-bond donors (Lipinski definition) is 1. The van der Waals surface area contributed by atoms with E-state index in [9.17, 15) is 0 Å². The van der Waals surface area contributed by atoms with E-state index in [4.69, 9.17) is 10.5 Å². The molecule has 1 aliphatic carbocycles. The first-order valence-corrected chi connectivity index (χ1v) is 5.92. The SMILES string of the molecule is Cc1nccc(OCC2CCCC2CN)n1. The summed E-state index contributed by atoms with van der Waals surface area (Å²) in [5.74, 6) is 2.65. The van der Waals surface area contributed by atoms with Crippen molar-refractivity contribution in [2.75, 3.05) is 13.2 Å². The second-order valence-corrected chi connectivity index (χ2v) is 4.44. The number of nitrogens with zero attached hydrogens (tertiary/aromatic N) is 2. The molecule has 4 nitrogen and oxygen atoms in total. The first kappa shape index (κ1) is 11.3. The lowest BCUT2D eigenvalue weighted by Crippen LogP contribution is -2.23. The van der Waals surface area contributed by atoms with Gasteiger partial charge in [-0.25, -0.2) is 4.98 Å². The van der Waals surface area contributed by atoms with E-state index < -0.39 is 0 Å². The van der Waals surface area contributed by atoms with E-state index >= 15 is 0 Å². The van der Waals surface area contributed by atoms with E-state index in [2.05, 4.69) is 9.97 Å². The summed E-state index contributed by atoms with van der Waals surface area (Å²) in [6, 6.07) is 1.80. The van der Waals surface area contributed by atoms with Crippen LogP contribution in [0.25, 0.3) is 0 Å². The number of aromatic nitrogens is 2. The Kier molecular flexibility index (Phi) is 3.72. The first-order valence-electron chi connectivity index (χ1n) is 5.92. The van der Waals surface area contributed by atoms with E-state index in [-0.39, 0.29) is 0 Å². The van der Waals surface area contributed by atoms with Gasteiger partial charge in [-0.15, -0.1) is 0 Å². The Bertz CT molecular complexity index is 343. The summed E-state index contributed by atoms with van der Waals surface area (Å²) < 4.78 is 5.70. The van der Waals surface area contributed by atoms with Gasteiger partial charge in [-0.05, 0) is 38.1 Å². The summed E-state index contributed by atoms with van der Waals surface area (Å²) in [6.07, 6.45) is 5.48. The van der Waals surface area contributed by atoms with E-state index in [0.717, 1.165) is 19.0 Å². The molecule has 2 N–H and O–H groups in total. The molecule has 0 aromatic carbocycles. The highest BCUT2D eigenvalue weighted by atomic mass is 16.5. The molecule has 2 atom stereocenters. The molecule has 1 heterocycles. The van der Waals surface area contributed by atoms with Crippen LogP contribution in [0.5, 0.6) is 5.88 Å². The molecule has 2 rings (SSSR count). The molecule has 0 aliphatic heterocycles. The Labute approximate surface area is 96.2 Å². The Morgan fingerprint density at radius 2 is 2.25 bits per heavy atom. The first-order chi connectivity index (χ1) is 7.79. The van der Waals surface area contributed by atoms with Gasteiger partial charge < -0.3 is 10.5 Å². The van der Waals surface area contributed by atoms with Crippen molar-refractivity contribution in [3.63, 3.8) is 0 Å². The topological polar surface area (TPSA) is 61.0 Å². The predicted molar refractivity (Wildman–Crippen MR) is 62.1 cm³/mol. The third-order valence-corrected chi connectivity index (χ3v) is 3.32. The quantitative estimate of drug-likeness (QED) is 0.837. The van der Waals surface area contributed by atoms with E-state index in [1.807, 2.05) is 6.92 Å². The number of ether oxygens (including phenoxy) is 1. The van der Waals surface area contributed by atoms with Gasteiger partial charge in [0, 0.05) is 12.3 Å². The molecular weight excluding hydrogens is 202 g/mol. The average molecular weight is 221 g/mol. The second kappa shape index (κ2) is 5.25. The zero-order valence-corrected chi connectivity index (χ0v) is 9.72. The van der Waals surface area contributed by atoms with E-state index in [0.29, 0.717) is 17.7 Å². The number of aryl methyl sites for hydroxylation is 1. The smallest absolute Gasteiger partial charge is 0.216 e. The molecule has 88 valence electrons. The van der Waals surface area contributed by atoms with Gasteiger partial charge in [0.05, 0.1) is 6.61 Å². The van der Waals surface area contributed by atoms with Crippen LogP contribution >= 0.6 is 0 Å². The molecule has 2 unspecified atom stereocenters. The molecule has 16 heavy (non-hydrogen) atoms. The summed E-state index contributed by atoms with van der Waals surface area (Å²) >= 11 is 0. The summed E-state index contributed by atoms with van der Waals surface area (Å²) in [4.78, 5) is 8.26. The Hall–Kier alpha value is -1.16. The van der Waals surface area contributed by atoms with Crippen molar-refractivity contribution < 1.29 is 4.74 Å². The molecule has 0 saturated heterocycles. The van der Waals surface area contributed by atoms with Gasteiger partial charge in [-0.3, -0.25) is 0 Å². The van der Waals surface area contributed by atoms with Gasteiger partial charge in [0.1, 0.15) is 5.82 Å². The molecule has 1 saturated carbocycles. The van der Waals surface area contributed by atoms with E-state index in [1.54, 1.807) is 12.3 Å². The van der Waals surface area contributed by atoms with Crippen LogP contribution in [-0.4, -0.2) is 23.1 Å². The highest BCUT2D eigenvalue weighted by Crippen LogP contribution is 2.31. The van der Waals surface area contributed by atoms with E-state index in [1.165, 1.54) is 19.3 Å².